The van der Waals surface area contributed by atoms with Crippen molar-refractivity contribution in [2.45, 2.75) is 91.9 Å². The van der Waals surface area contributed by atoms with Gasteiger partial charge in [-0.25, -0.2) is 0 Å². The van der Waals surface area contributed by atoms with Gasteiger partial charge < -0.3 is 4.74 Å². The first-order valence-corrected chi connectivity index (χ1v) is 11.1. The van der Waals surface area contributed by atoms with Gasteiger partial charge in [0.15, 0.2) is 0 Å². The standard InChI is InChI=1S/C24H40O3/c1-6-7-10-19(25)11-8-9-12-20-17(2)15-16-24(4)21(13-14-22(20)24)18(3)23(26)27-5/h15,18,20-22H,6-14,16H2,1-5H3/t18-,20?,21+,22?,24+/m0/s1. The molecule has 1 saturated carbocycles. The number of ketones is 1. The molecule has 0 N–H and O–H groups in total. The van der Waals surface area contributed by atoms with Gasteiger partial charge in [-0.05, 0) is 68.6 Å². The van der Waals surface area contributed by atoms with E-state index in [0.717, 1.165) is 51.4 Å². The Bertz CT molecular complexity index is 550. The van der Waals surface area contributed by atoms with Crippen LogP contribution in [0, 0.1) is 29.1 Å². The number of esters is 1. The van der Waals surface area contributed by atoms with E-state index < -0.39 is 0 Å². The molecule has 1 fully saturated rings. The van der Waals surface area contributed by atoms with Gasteiger partial charge >= 0.3 is 5.97 Å². The van der Waals surface area contributed by atoms with Crippen LogP contribution in [0.25, 0.3) is 0 Å². The van der Waals surface area contributed by atoms with E-state index in [0.29, 0.717) is 23.5 Å². The molecule has 0 saturated heterocycles. The van der Waals surface area contributed by atoms with Crippen LogP contribution in [0.2, 0.25) is 0 Å². The Kier molecular flexibility index (Phi) is 8.12. The SMILES string of the molecule is CCCCC(=O)CCCCC1C(C)=CC[C@@]2(C)C1CC[C@@H]2[C@H](C)C(=O)OC. The monoisotopic (exact) mass is 376 g/mol. The number of hydrogen-bond acceptors (Lipinski definition) is 3. The molecule has 3 heteroatoms. The van der Waals surface area contributed by atoms with Crippen LogP contribution in [0.1, 0.15) is 91.9 Å². The minimum Gasteiger partial charge on any atom is -0.469 e. The Morgan fingerprint density at radius 3 is 2.59 bits per heavy atom. The number of Topliss-reactive ketones (excluding diaryl/α,β-unsaturated/α-hetero) is 1. The average molecular weight is 377 g/mol. The summed E-state index contributed by atoms with van der Waals surface area (Å²) in [7, 11) is 1.50. The molecule has 2 aliphatic carbocycles. The lowest BCUT2D eigenvalue weighted by Crippen LogP contribution is -2.40. The first-order valence-electron chi connectivity index (χ1n) is 11.1. The highest BCUT2D eigenvalue weighted by Crippen LogP contribution is 2.60. The number of methoxy groups -OCH3 is 1. The predicted molar refractivity (Wildman–Crippen MR) is 110 cm³/mol. The van der Waals surface area contributed by atoms with Gasteiger partial charge in [-0.15, -0.1) is 0 Å². The number of fused-ring (bicyclic) bond motifs is 1. The van der Waals surface area contributed by atoms with E-state index in [4.69, 9.17) is 4.74 Å². The van der Waals surface area contributed by atoms with Gasteiger partial charge in [-0.3, -0.25) is 9.59 Å². The molecule has 2 unspecified atom stereocenters. The third-order valence-electron chi connectivity index (χ3n) is 7.62. The van der Waals surface area contributed by atoms with Crippen molar-refractivity contribution in [2.75, 3.05) is 7.11 Å². The Morgan fingerprint density at radius 2 is 1.93 bits per heavy atom. The minimum absolute atomic E-state index is 0.0198. The first kappa shape index (κ1) is 22.2. The van der Waals surface area contributed by atoms with Gasteiger partial charge in [0, 0.05) is 12.8 Å². The van der Waals surface area contributed by atoms with Crippen LogP contribution in [0.4, 0.5) is 0 Å². The summed E-state index contributed by atoms with van der Waals surface area (Å²) in [5.74, 6) is 2.05. The van der Waals surface area contributed by atoms with Crippen molar-refractivity contribution in [1.82, 2.24) is 0 Å². The van der Waals surface area contributed by atoms with Gasteiger partial charge in [0.25, 0.3) is 0 Å². The van der Waals surface area contributed by atoms with Crippen LogP contribution in [0.15, 0.2) is 11.6 Å². The van der Waals surface area contributed by atoms with E-state index in [2.05, 4.69) is 26.8 Å². The summed E-state index contributed by atoms with van der Waals surface area (Å²) < 4.78 is 5.04. The zero-order valence-corrected chi connectivity index (χ0v) is 18.2. The van der Waals surface area contributed by atoms with Gasteiger partial charge in [-0.2, -0.15) is 0 Å². The topological polar surface area (TPSA) is 43.4 Å². The second kappa shape index (κ2) is 9.89. The normalized spacial score (nSPS) is 31.1. The fraction of sp³-hybridized carbons (Fsp3) is 0.833. The second-order valence-corrected chi connectivity index (χ2v) is 9.25. The second-order valence-electron chi connectivity index (χ2n) is 9.25. The Labute approximate surface area is 166 Å². The molecule has 0 aromatic rings. The van der Waals surface area contributed by atoms with Gasteiger partial charge in [0.2, 0.25) is 0 Å². The third kappa shape index (κ3) is 5.03. The fourth-order valence-electron chi connectivity index (χ4n) is 5.89. The summed E-state index contributed by atoms with van der Waals surface area (Å²) in [6, 6.07) is 0. The van der Waals surface area contributed by atoms with E-state index in [1.54, 1.807) is 0 Å². The fourth-order valence-corrected chi connectivity index (χ4v) is 5.89. The molecule has 0 aromatic heterocycles. The zero-order chi connectivity index (χ0) is 20.0. The van der Waals surface area contributed by atoms with Crippen molar-refractivity contribution < 1.29 is 14.3 Å². The molecule has 0 amide bonds. The molecule has 5 atom stereocenters. The maximum atomic E-state index is 12.1. The molecule has 0 aliphatic heterocycles. The summed E-state index contributed by atoms with van der Waals surface area (Å²) in [5, 5.41) is 0. The number of rotatable bonds is 10. The summed E-state index contributed by atoms with van der Waals surface area (Å²) >= 11 is 0. The Balaban J connectivity index is 1.94. The van der Waals surface area contributed by atoms with Crippen molar-refractivity contribution in [3.63, 3.8) is 0 Å². The van der Waals surface area contributed by atoms with Crippen LogP contribution in [-0.4, -0.2) is 18.9 Å². The average Bonchev–Trinajstić information content (AvgIpc) is 3.01. The minimum atomic E-state index is -0.0599. The number of carbonyl (C=O) groups excluding carboxylic acids is 2. The van der Waals surface area contributed by atoms with Crippen LogP contribution in [0.5, 0.6) is 0 Å². The lowest BCUT2D eigenvalue weighted by atomic mass is 9.59. The van der Waals surface area contributed by atoms with E-state index in [1.807, 2.05) is 6.92 Å². The van der Waals surface area contributed by atoms with Crippen molar-refractivity contribution >= 4 is 11.8 Å². The molecule has 154 valence electrons. The Morgan fingerprint density at radius 1 is 1.22 bits per heavy atom. The molecule has 2 rings (SSSR count). The zero-order valence-electron chi connectivity index (χ0n) is 18.2. The molecule has 0 radical (unpaired) electrons. The lowest BCUT2D eigenvalue weighted by Gasteiger charge is -2.45. The van der Waals surface area contributed by atoms with E-state index >= 15 is 0 Å². The van der Waals surface area contributed by atoms with Crippen molar-refractivity contribution in [3.05, 3.63) is 11.6 Å². The van der Waals surface area contributed by atoms with Crippen LogP contribution in [0.3, 0.4) is 0 Å². The summed E-state index contributed by atoms with van der Waals surface area (Å²) in [6.07, 6.45) is 12.8. The van der Waals surface area contributed by atoms with Gasteiger partial charge in [0.05, 0.1) is 13.0 Å². The molecule has 0 bridgehead atoms. The molecule has 0 spiro atoms. The highest BCUT2D eigenvalue weighted by Gasteiger charge is 2.53. The van der Waals surface area contributed by atoms with Gasteiger partial charge in [0.1, 0.15) is 5.78 Å². The van der Waals surface area contributed by atoms with Crippen LogP contribution < -0.4 is 0 Å². The smallest absolute Gasteiger partial charge is 0.308 e. The third-order valence-corrected chi connectivity index (χ3v) is 7.62. The van der Waals surface area contributed by atoms with Crippen molar-refractivity contribution in [3.8, 4) is 0 Å². The van der Waals surface area contributed by atoms with Crippen LogP contribution >= 0.6 is 0 Å². The molecule has 3 nitrogen and oxygen atoms in total. The van der Waals surface area contributed by atoms with Crippen LogP contribution in [-0.2, 0) is 14.3 Å². The Hall–Kier alpha value is -1.12. The number of carbonyl (C=O) groups is 2. The lowest BCUT2D eigenvalue weighted by molar-refractivity contribution is -0.148. The van der Waals surface area contributed by atoms with E-state index in [9.17, 15) is 9.59 Å². The number of hydrogen-bond donors (Lipinski definition) is 0. The first-order chi connectivity index (χ1) is 12.8. The van der Waals surface area contributed by atoms with E-state index in [-0.39, 0.29) is 17.3 Å². The van der Waals surface area contributed by atoms with Crippen molar-refractivity contribution in [1.29, 1.82) is 0 Å². The van der Waals surface area contributed by atoms with Crippen molar-refractivity contribution in [2.24, 2.45) is 29.1 Å². The number of ether oxygens (including phenoxy) is 1. The molecule has 2 aliphatic rings. The number of unbranched alkanes of at least 4 members (excludes halogenated alkanes) is 2. The van der Waals surface area contributed by atoms with E-state index in [1.165, 1.54) is 25.5 Å². The molecular formula is C24H40O3. The summed E-state index contributed by atoms with van der Waals surface area (Å²) in [5.41, 5.74) is 1.73. The molecular weight excluding hydrogens is 336 g/mol. The molecule has 0 heterocycles. The largest absolute Gasteiger partial charge is 0.469 e. The number of allylic oxidation sites excluding steroid dienone is 2. The maximum Gasteiger partial charge on any atom is 0.308 e. The summed E-state index contributed by atoms with van der Waals surface area (Å²) in [4.78, 5) is 24.0. The molecule has 27 heavy (non-hydrogen) atoms. The quantitative estimate of drug-likeness (QED) is 0.262. The van der Waals surface area contributed by atoms with Gasteiger partial charge in [-0.1, -0.05) is 45.3 Å². The highest BCUT2D eigenvalue weighted by atomic mass is 16.5. The maximum absolute atomic E-state index is 12.1. The molecule has 0 aromatic carbocycles. The predicted octanol–water partition coefficient (Wildman–Crippen LogP) is 6.11. The summed E-state index contributed by atoms with van der Waals surface area (Å²) in [6.45, 7) is 8.87. The highest BCUT2D eigenvalue weighted by molar-refractivity contribution is 5.78.